The molecule has 4 aromatic rings. The van der Waals surface area contributed by atoms with Crippen LogP contribution >= 0.6 is 11.3 Å². The number of aliphatic hydroxyl groups excluding tert-OH is 1. The summed E-state index contributed by atoms with van der Waals surface area (Å²) in [4.78, 5) is 4.00. The molecule has 0 bridgehead atoms. The van der Waals surface area contributed by atoms with Crippen molar-refractivity contribution < 1.29 is 5.11 Å². The Hall–Kier alpha value is -2.17. The lowest BCUT2D eigenvalue weighted by atomic mass is 10.0. The van der Waals surface area contributed by atoms with Crippen molar-refractivity contribution in [2.75, 3.05) is 0 Å². The van der Waals surface area contributed by atoms with Gasteiger partial charge in [0.25, 0.3) is 0 Å². The van der Waals surface area contributed by atoms with E-state index in [1.54, 1.807) is 12.5 Å². The fourth-order valence-corrected chi connectivity index (χ4v) is 3.96. The first-order chi connectivity index (χ1) is 10.8. The van der Waals surface area contributed by atoms with Gasteiger partial charge in [-0.2, -0.15) is 0 Å². The van der Waals surface area contributed by atoms with Gasteiger partial charge < -0.3 is 9.67 Å². The van der Waals surface area contributed by atoms with Crippen molar-refractivity contribution in [1.29, 1.82) is 0 Å². The molecule has 1 unspecified atom stereocenters. The lowest BCUT2D eigenvalue weighted by molar-refractivity contribution is 0.154. The molecule has 0 saturated carbocycles. The molecule has 1 atom stereocenters. The molecule has 4 rings (SSSR count). The van der Waals surface area contributed by atoms with Gasteiger partial charge in [-0.1, -0.05) is 24.3 Å². The molecule has 4 heteroatoms. The summed E-state index contributed by atoms with van der Waals surface area (Å²) in [5.41, 5.74) is 1.17. The number of aromatic nitrogens is 2. The van der Waals surface area contributed by atoms with Gasteiger partial charge in [-0.05, 0) is 23.8 Å². The van der Waals surface area contributed by atoms with E-state index in [-0.39, 0.29) is 0 Å². The van der Waals surface area contributed by atoms with Crippen LogP contribution in [0.15, 0.2) is 61.2 Å². The van der Waals surface area contributed by atoms with Crippen LogP contribution in [0.4, 0.5) is 0 Å². The second kappa shape index (κ2) is 5.55. The van der Waals surface area contributed by atoms with Gasteiger partial charge in [0.15, 0.2) is 0 Å². The minimum absolute atomic E-state index is 0.406. The van der Waals surface area contributed by atoms with Crippen molar-refractivity contribution in [3.8, 4) is 0 Å². The molecule has 0 aliphatic heterocycles. The Morgan fingerprint density at radius 3 is 2.82 bits per heavy atom. The Balaban J connectivity index is 1.63. The van der Waals surface area contributed by atoms with Crippen LogP contribution in [-0.4, -0.2) is 20.8 Å². The molecule has 3 nitrogen and oxygen atoms in total. The van der Waals surface area contributed by atoms with Gasteiger partial charge >= 0.3 is 0 Å². The highest BCUT2D eigenvalue weighted by atomic mass is 32.1. The van der Waals surface area contributed by atoms with Crippen LogP contribution in [0.5, 0.6) is 0 Å². The summed E-state index contributed by atoms with van der Waals surface area (Å²) in [6.45, 7) is 0.572. The zero-order chi connectivity index (χ0) is 14.9. The van der Waals surface area contributed by atoms with Gasteiger partial charge in [-0.25, -0.2) is 4.98 Å². The molecule has 0 spiro atoms. The molecule has 110 valence electrons. The lowest BCUT2D eigenvalue weighted by Gasteiger charge is -2.11. The van der Waals surface area contributed by atoms with E-state index in [4.69, 9.17) is 0 Å². The van der Waals surface area contributed by atoms with E-state index in [9.17, 15) is 5.11 Å². The van der Waals surface area contributed by atoms with Crippen LogP contribution in [-0.2, 0) is 13.0 Å². The number of fused-ring (bicyclic) bond motifs is 3. The summed E-state index contributed by atoms with van der Waals surface area (Å²) in [6.07, 6.45) is 5.59. The minimum atomic E-state index is -0.406. The number of aliphatic hydroxyl groups is 1. The molecule has 0 fully saturated rings. The number of imidazole rings is 1. The van der Waals surface area contributed by atoms with E-state index in [0.717, 1.165) is 0 Å². The third kappa shape index (κ3) is 2.51. The van der Waals surface area contributed by atoms with Crippen LogP contribution in [0.2, 0.25) is 0 Å². The second-order valence-corrected chi connectivity index (χ2v) is 6.63. The van der Waals surface area contributed by atoms with Gasteiger partial charge in [0.2, 0.25) is 0 Å². The zero-order valence-corrected chi connectivity index (χ0v) is 12.8. The largest absolute Gasteiger partial charge is 0.391 e. The highest BCUT2D eigenvalue weighted by molar-refractivity contribution is 7.25. The molecule has 0 radical (unpaired) electrons. The van der Waals surface area contributed by atoms with Crippen molar-refractivity contribution >= 4 is 31.5 Å². The first-order valence-corrected chi connectivity index (χ1v) is 8.15. The number of thiophene rings is 1. The maximum atomic E-state index is 10.3. The van der Waals surface area contributed by atoms with Crippen LogP contribution in [0.1, 0.15) is 5.56 Å². The first kappa shape index (κ1) is 13.5. The smallest absolute Gasteiger partial charge is 0.0946 e. The molecule has 0 saturated heterocycles. The topological polar surface area (TPSA) is 38.0 Å². The highest BCUT2D eigenvalue weighted by Crippen LogP contribution is 2.34. The quantitative estimate of drug-likeness (QED) is 0.622. The van der Waals surface area contributed by atoms with Crippen LogP contribution in [0.3, 0.4) is 0 Å². The minimum Gasteiger partial charge on any atom is -0.391 e. The summed E-state index contributed by atoms with van der Waals surface area (Å²) in [7, 11) is 0. The molecule has 2 aromatic heterocycles. The van der Waals surface area contributed by atoms with Crippen LogP contribution in [0.25, 0.3) is 20.2 Å². The standard InChI is InChI=1S/C18H16N2OS/c21-14(11-20-8-7-19-12-20)9-13-5-6-18-16(10-13)15-3-1-2-4-17(15)22-18/h1-8,10,12,14,21H,9,11H2. The summed E-state index contributed by atoms with van der Waals surface area (Å²) in [6, 6.07) is 15.0. The Morgan fingerprint density at radius 1 is 1.09 bits per heavy atom. The molecule has 2 heterocycles. The van der Waals surface area contributed by atoms with Gasteiger partial charge in [0.05, 0.1) is 12.4 Å². The van der Waals surface area contributed by atoms with Gasteiger partial charge in [0.1, 0.15) is 0 Å². The van der Waals surface area contributed by atoms with E-state index in [1.165, 1.54) is 25.7 Å². The van der Waals surface area contributed by atoms with Gasteiger partial charge in [-0.3, -0.25) is 0 Å². The first-order valence-electron chi connectivity index (χ1n) is 7.33. The van der Waals surface area contributed by atoms with Crippen molar-refractivity contribution in [1.82, 2.24) is 9.55 Å². The molecule has 1 N–H and O–H groups in total. The molecule has 22 heavy (non-hydrogen) atoms. The van der Waals surface area contributed by atoms with Crippen LogP contribution in [0, 0.1) is 0 Å². The van der Waals surface area contributed by atoms with Crippen molar-refractivity contribution in [3.63, 3.8) is 0 Å². The SMILES string of the molecule is OC(Cc1ccc2sc3ccccc3c2c1)Cn1ccnc1. The Kier molecular flexibility index (Phi) is 3.41. The fourth-order valence-electron chi connectivity index (χ4n) is 2.87. The Morgan fingerprint density at radius 2 is 1.95 bits per heavy atom. The molecule has 0 aliphatic rings. The van der Waals surface area contributed by atoms with Crippen molar-refractivity contribution in [2.45, 2.75) is 19.1 Å². The third-order valence-electron chi connectivity index (χ3n) is 3.89. The fraction of sp³-hybridized carbons (Fsp3) is 0.167. The summed E-state index contributed by atoms with van der Waals surface area (Å²) in [5.74, 6) is 0. The van der Waals surface area contributed by atoms with Gasteiger partial charge in [-0.15, -0.1) is 11.3 Å². The van der Waals surface area contributed by atoms with E-state index < -0.39 is 6.10 Å². The monoisotopic (exact) mass is 308 g/mol. The van der Waals surface area contributed by atoms with E-state index in [1.807, 2.05) is 22.1 Å². The number of nitrogens with zero attached hydrogens (tertiary/aromatic N) is 2. The van der Waals surface area contributed by atoms with Crippen molar-refractivity contribution in [3.05, 3.63) is 66.7 Å². The van der Waals surface area contributed by atoms with Gasteiger partial charge in [0, 0.05) is 45.5 Å². The molecule has 2 aromatic carbocycles. The highest BCUT2D eigenvalue weighted by Gasteiger charge is 2.09. The number of rotatable bonds is 4. The molecular weight excluding hydrogens is 292 g/mol. The predicted octanol–water partition coefficient (Wildman–Crippen LogP) is 3.85. The second-order valence-electron chi connectivity index (χ2n) is 5.55. The lowest BCUT2D eigenvalue weighted by Crippen LogP contribution is -2.17. The number of hydrogen-bond acceptors (Lipinski definition) is 3. The maximum Gasteiger partial charge on any atom is 0.0946 e. The Labute approximate surface area is 132 Å². The van der Waals surface area contributed by atoms with E-state index in [0.29, 0.717) is 13.0 Å². The predicted molar refractivity (Wildman–Crippen MR) is 91.3 cm³/mol. The third-order valence-corrected chi connectivity index (χ3v) is 5.05. The summed E-state index contributed by atoms with van der Waals surface area (Å²) in [5, 5.41) is 12.8. The summed E-state index contributed by atoms with van der Waals surface area (Å²) < 4.78 is 4.52. The molecule has 0 aliphatic carbocycles. The number of hydrogen-bond donors (Lipinski definition) is 1. The summed E-state index contributed by atoms with van der Waals surface area (Å²) >= 11 is 1.82. The molecule has 0 amide bonds. The average molecular weight is 308 g/mol. The number of benzene rings is 2. The van der Waals surface area contributed by atoms with E-state index >= 15 is 0 Å². The van der Waals surface area contributed by atoms with Crippen LogP contribution < -0.4 is 0 Å². The molecular formula is C18H16N2OS. The Bertz CT molecular complexity index is 911. The zero-order valence-electron chi connectivity index (χ0n) is 12.0. The van der Waals surface area contributed by atoms with E-state index in [2.05, 4.69) is 47.4 Å². The maximum absolute atomic E-state index is 10.3. The normalized spacial score (nSPS) is 13.0. The van der Waals surface area contributed by atoms with Crippen molar-refractivity contribution in [2.24, 2.45) is 0 Å². The average Bonchev–Trinajstić information content (AvgIpc) is 3.14.